The number of carbonyl (C=O) groups excluding carboxylic acids is 1. The van der Waals surface area contributed by atoms with Crippen LogP contribution in [0.3, 0.4) is 0 Å². The molecule has 1 fully saturated rings. The Kier molecular flexibility index (Phi) is 6.29. The van der Waals surface area contributed by atoms with Gasteiger partial charge in [-0.3, -0.25) is 4.79 Å². The van der Waals surface area contributed by atoms with E-state index in [1.54, 1.807) is 6.07 Å². The predicted octanol–water partition coefficient (Wildman–Crippen LogP) is 3.39. The van der Waals surface area contributed by atoms with Crippen LogP contribution >= 0.6 is 22.9 Å². The molecule has 32 heavy (non-hydrogen) atoms. The van der Waals surface area contributed by atoms with Crippen LogP contribution in [0.5, 0.6) is 0 Å². The zero-order valence-corrected chi connectivity index (χ0v) is 20.2. The zero-order valence-electron chi connectivity index (χ0n) is 17.0. The lowest BCUT2D eigenvalue weighted by molar-refractivity contribution is -0.120. The Morgan fingerprint density at radius 3 is 2.34 bits per heavy atom. The normalized spacial score (nSPS) is 16.3. The Morgan fingerprint density at radius 2 is 1.72 bits per heavy atom. The first-order valence-corrected chi connectivity index (χ1v) is 14.2. The van der Waals surface area contributed by atoms with Crippen LogP contribution < -0.4 is 5.32 Å². The largest absolute Gasteiger partial charge is 0.302 e. The van der Waals surface area contributed by atoms with Crippen molar-refractivity contribution in [1.82, 2.24) is 9.29 Å². The van der Waals surface area contributed by atoms with Gasteiger partial charge in [-0.15, -0.1) is 0 Å². The Hall–Kier alpha value is -2.05. The number of rotatable bonds is 5. The van der Waals surface area contributed by atoms with Crippen molar-refractivity contribution >= 4 is 64.1 Å². The van der Waals surface area contributed by atoms with Gasteiger partial charge in [0.1, 0.15) is 10.4 Å². The molecule has 0 saturated carbocycles. The minimum atomic E-state index is -4.01. The summed E-state index contributed by atoms with van der Waals surface area (Å²) in [7, 11) is -7.72. The molecule has 1 saturated heterocycles. The van der Waals surface area contributed by atoms with E-state index < -0.39 is 19.9 Å². The maximum absolute atomic E-state index is 13.1. The molecule has 1 aliphatic rings. The predicted molar refractivity (Wildman–Crippen MR) is 124 cm³/mol. The van der Waals surface area contributed by atoms with Crippen molar-refractivity contribution in [3.63, 3.8) is 0 Å². The van der Waals surface area contributed by atoms with Crippen LogP contribution in [0.2, 0.25) is 5.02 Å². The van der Waals surface area contributed by atoms with E-state index in [-0.39, 0.29) is 34.7 Å². The molecule has 12 heteroatoms. The maximum Gasteiger partial charge on any atom is 0.244 e. The molecule has 1 amide bonds. The average Bonchev–Trinajstić information content (AvgIpc) is 3.17. The van der Waals surface area contributed by atoms with Gasteiger partial charge in [-0.1, -0.05) is 41.1 Å². The number of nitrogens with zero attached hydrogens (tertiary/aromatic N) is 2. The van der Waals surface area contributed by atoms with Crippen LogP contribution in [-0.4, -0.2) is 51.4 Å². The molecule has 1 N–H and O–H groups in total. The molecule has 4 rings (SSSR count). The summed E-state index contributed by atoms with van der Waals surface area (Å²) in [5, 5.41) is 3.75. The number of aromatic nitrogens is 1. The number of carbonyl (C=O) groups is 1. The van der Waals surface area contributed by atoms with Crippen LogP contribution in [0, 0.1) is 5.92 Å². The molecule has 3 aromatic rings. The minimum Gasteiger partial charge on any atom is -0.302 e. The summed E-state index contributed by atoms with van der Waals surface area (Å²) in [6, 6.07) is 11.0. The Balaban J connectivity index is 1.46. The van der Waals surface area contributed by atoms with Crippen molar-refractivity contribution < 1.29 is 21.6 Å². The van der Waals surface area contributed by atoms with E-state index in [4.69, 9.17) is 11.6 Å². The summed E-state index contributed by atoms with van der Waals surface area (Å²) in [6.45, 7) is 0.231. The van der Waals surface area contributed by atoms with Crippen LogP contribution in [0.15, 0.2) is 52.3 Å². The van der Waals surface area contributed by atoms with Crippen molar-refractivity contribution in [2.24, 2.45) is 5.92 Å². The molecular formula is C20H20ClN3O5S3. The molecule has 0 radical (unpaired) electrons. The van der Waals surface area contributed by atoms with Gasteiger partial charge in [-0.2, -0.15) is 4.31 Å². The van der Waals surface area contributed by atoms with Crippen LogP contribution in [0.1, 0.15) is 12.8 Å². The van der Waals surface area contributed by atoms with Crippen molar-refractivity contribution in [2.75, 3.05) is 24.7 Å². The number of sulfonamides is 1. The van der Waals surface area contributed by atoms with Crippen molar-refractivity contribution in [3.8, 4) is 0 Å². The third kappa shape index (κ3) is 4.53. The number of fused-ring (bicyclic) bond motifs is 1. The number of thiazole rings is 1. The quantitative estimate of drug-likeness (QED) is 0.559. The van der Waals surface area contributed by atoms with E-state index in [9.17, 15) is 21.6 Å². The molecule has 2 heterocycles. The lowest BCUT2D eigenvalue weighted by atomic mass is 9.97. The fourth-order valence-electron chi connectivity index (χ4n) is 3.64. The summed E-state index contributed by atoms with van der Waals surface area (Å²) < 4.78 is 52.4. The summed E-state index contributed by atoms with van der Waals surface area (Å²) in [5.74, 6) is -0.608. The van der Waals surface area contributed by atoms with Gasteiger partial charge in [-0.25, -0.2) is 21.8 Å². The summed E-state index contributed by atoms with van der Waals surface area (Å²) in [6.07, 6.45) is 1.61. The summed E-state index contributed by atoms with van der Waals surface area (Å²) >= 11 is 7.45. The zero-order chi connectivity index (χ0) is 23.1. The highest BCUT2D eigenvalue weighted by Crippen LogP contribution is 2.32. The number of anilines is 1. The molecule has 0 unspecified atom stereocenters. The number of para-hydroxylation sites is 1. The second kappa shape index (κ2) is 8.71. The van der Waals surface area contributed by atoms with Crippen LogP contribution in [0.25, 0.3) is 10.2 Å². The number of piperidine rings is 1. The van der Waals surface area contributed by atoms with Gasteiger partial charge in [0.15, 0.2) is 15.0 Å². The number of amides is 1. The lowest BCUT2D eigenvalue weighted by Gasteiger charge is -2.30. The van der Waals surface area contributed by atoms with E-state index in [1.165, 1.54) is 39.9 Å². The number of hydrogen-bond acceptors (Lipinski definition) is 7. The molecule has 170 valence electrons. The van der Waals surface area contributed by atoms with E-state index in [0.29, 0.717) is 28.5 Å². The number of benzene rings is 2. The molecule has 0 bridgehead atoms. The third-order valence-corrected chi connectivity index (χ3v) is 9.77. The number of sulfone groups is 1. The van der Waals surface area contributed by atoms with Gasteiger partial charge in [-0.05, 0) is 37.1 Å². The fourth-order valence-corrected chi connectivity index (χ4v) is 7.88. The highest BCUT2D eigenvalue weighted by Gasteiger charge is 2.34. The number of hydrogen-bond donors (Lipinski definition) is 1. The van der Waals surface area contributed by atoms with Gasteiger partial charge >= 0.3 is 0 Å². The van der Waals surface area contributed by atoms with E-state index in [0.717, 1.165) is 11.0 Å². The Bertz CT molecular complexity index is 1390. The third-order valence-electron chi connectivity index (χ3n) is 5.29. The standard InChI is InChI=1S/C20H20ClN3O5S3/c1-31(26,27)16-7-2-3-8-17(16)32(28,29)24-11-9-13(10-12-24)19(25)23-20-22-18-14(21)5-4-6-15(18)30-20/h2-8,13H,9-12H2,1H3,(H,22,23,25). The molecule has 8 nitrogen and oxygen atoms in total. The monoisotopic (exact) mass is 513 g/mol. The van der Waals surface area contributed by atoms with Gasteiger partial charge in [0.25, 0.3) is 0 Å². The molecule has 0 atom stereocenters. The summed E-state index contributed by atoms with van der Waals surface area (Å²) in [5.41, 5.74) is 0.625. The van der Waals surface area contributed by atoms with Crippen molar-refractivity contribution in [1.29, 1.82) is 0 Å². The molecule has 0 aliphatic carbocycles. The second-order valence-corrected chi connectivity index (χ2v) is 12.8. The fraction of sp³-hybridized carbons (Fsp3) is 0.300. The first kappa shape index (κ1) is 23.1. The minimum absolute atomic E-state index is 0.115. The van der Waals surface area contributed by atoms with Crippen molar-refractivity contribution in [3.05, 3.63) is 47.5 Å². The Labute approximate surface area is 195 Å². The SMILES string of the molecule is CS(=O)(=O)c1ccccc1S(=O)(=O)N1CCC(C(=O)Nc2nc3c(Cl)cccc3s2)CC1. The van der Waals surface area contributed by atoms with Crippen LogP contribution in [-0.2, 0) is 24.7 Å². The second-order valence-electron chi connectivity index (χ2n) is 7.49. The first-order chi connectivity index (χ1) is 15.1. The Morgan fingerprint density at radius 1 is 1.06 bits per heavy atom. The lowest BCUT2D eigenvalue weighted by Crippen LogP contribution is -2.41. The smallest absolute Gasteiger partial charge is 0.244 e. The first-order valence-electron chi connectivity index (χ1n) is 9.72. The topological polar surface area (TPSA) is 114 Å². The molecular weight excluding hydrogens is 494 g/mol. The van der Waals surface area contributed by atoms with Gasteiger partial charge in [0.2, 0.25) is 15.9 Å². The maximum atomic E-state index is 13.1. The highest BCUT2D eigenvalue weighted by molar-refractivity contribution is 7.93. The molecule has 1 aromatic heterocycles. The van der Waals surface area contributed by atoms with E-state index in [1.807, 2.05) is 12.1 Å². The number of nitrogens with one attached hydrogen (secondary N) is 1. The van der Waals surface area contributed by atoms with E-state index in [2.05, 4.69) is 10.3 Å². The molecule has 0 spiro atoms. The molecule has 2 aromatic carbocycles. The average molecular weight is 514 g/mol. The van der Waals surface area contributed by atoms with E-state index >= 15 is 0 Å². The van der Waals surface area contributed by atoms with Crippen LogP contribution in [0.4, 0.5) is 5.13 Å². The van der Waals surface area contributed by atoms with Gasteiger partial charge < -0.3 is 5.32 Å². The van der Waals surface area contributed by atoms with Gasteiger partial charge in [0, 0.05) is 25.3 Å². The number of halogens is 1. The van der Waals surface area contributed by atoms with Gasteiger partial charge in [0.05, 0.1) is 14.6 Å². The van der Waals surface area contributed by atoms with Crippen molar-refractivity contribution in [2.45, 2.75) is 22.6 Å². The molecule has 1 aliphatic heterocycles. The summed E-state index contributed by atoms with van der Waals surface area (Å²) in [4.78, 5) is 16.6. The highest BCUT2D eigenvalue weighted by atomic mass is 35.5.